The van der Waals surface area contributed by atoms with Crippen molar-refractivity contribution < 1.29 is 13.5 Å². The van der Waals surface area contributed by atoms with Gasteiger partial charge in [0, 0.05) is 0 Å². The third-order valence-electron chi connectivity index (χ3n) is 1.21. The van der Waals surface area contributed by atoms with Crippen LogP contribution in [0, 0.1) is 5.92 Å². The molecule has 0 aliphatic carbocycles. The topological polar surface area (TPSA) is 80.4 Å². The van der Waals surface area contributed by atoms with Gasteiger partial charge in [-0.1, -0.05) is 13.8 Å². The molecule has 0 aliphatic rings. The SMILES string of the molecule is CC(C)C[C@H](N)C(O)=S(=O)=O. The van der Waals surface area contributed by atoms with Crippen LogP contribution in [-0.2, 0) is 10.3 Å². The maximum Gasteiger partial charge on any atom is 0.242 e. The minimum atomic E-state index is -2.56. The lowest BCUT2D eigenvalue weighted by atomic mass is 10.1. The summed E-state index contributed by atoms with van der Waals surface area (Å²) in [6.45, 7) is 3.81. The van der Waals surface area contributed by atoms with Gasteiger partial charge in [0.2, 0.25) is 10.3 Å². The zero-order valence-corrected chi connectivity index (χ0v) is 7.43. The van der Waals surface area contributed by atoms with E-state index in [2.05, 4.69) is 0 Å². The molecule has 0 aromatic carbocycles. The second kappa shape index (κ2) is 4.48. The minimum absolute atomic E-state index is 0.274. The molecule has 5 heteroatoms. The first-order valence-electron chi connectivity index (χ1n) is 3.35. The lowest BCUT2D eigenvalue weighted by Gasteiger charge is -2.09. The first-order valence-corrected chi connectivity index (χ1v) is 4.43. The number of hydrogen-bond donors (Lipinski definition) is 2. The van der Waals surface area contributed by atoms with Crippen molar-refractivity contribution >= 4 is 15.3 Å². The van der Waals surface area contributed by atoms with Crippen molar-refractivity contribution in [1.82, 2.24) is 0 Å². The normalized spacial score (nSPS) is 13.2. The van der Waals surface area contributed by atoms with E-state index in [9.17, 15) is 8.42 Å². The molecule has 11 heavy (non-hydrogen) atoms. The number of aliphatic hydroxyl groups is 1. The smallest absolute Gasteiger partial charge is 0.242 e. The molecule has 4 nitrogen and oxygen atoms in total. The highest BCUT2D eigenvalue weighted by Gasteiger charge is 2.11. The van der Waals surface area contributed by atoms with Crippen LogP contribution in [-0.4, -0.2) is 24.6 Å². The average Bonchev–Trinajstić information content (AvgIpc) is 1.84. The molecular formula is C6H13NO3S. The van der Waals surface area contributed by atoms with Gasteiger partial charge in [-0.15, -0.1) is 0 Å². The predicted molar refractivity (Wildman–Crippen MR) is 44.0 cm³/mol. The van der Waals surface area contributed by atoms with Crippen LogP contribution in [0.2, 0.25) is 0 Å². The van der Waals surface area contributed by atoms with Gasteiger partial charge in [0.25, 0.3) is 0 Å². The summed E-state index contributed by atoms with van der Waals surface area (Å²) >= 11 is 0. The summed E-state index contributed by atoms with van der Waals surface area (Å²) < 4.78 is 20.3. The Morgan fingerprint density at radius 1 is 1.55 bits per heavy atom. The van der Waals surface area contributed by atoms with Gasteiger partial charge in [0.1, 0.15) is 0 Å². The third kappa shape index (κ3) is 4.13. The van der Waals surface area contributed by atoms with Gasteiger partial charge in [-0.05, 0) is 12.3 Å². The number of rotatable bonds is 3. The molecule has 0 heterocycles. The second-order valence-corrected chi connectivity index (χ2v) is 3.70. The van der Waals surface area contributed by atoms with E-state index in [0.29, 0.717) is 6.42 Å². The molecule has 0 saturated heterocycles. The quantitative estimate of drug-likeness (QED) is 0.594. The van der Waals surface area contributed by atoms with Gasteiger partial charge in [0.15, 0.2) is 5.05 Å². The van der Waals surface area contributed by atoms with Gasteiger partial charge in [-0.25, -0.2) is 0 Å². The maximum atomic E-state index is 10.2. The Morgan fingerprint density at radius 2 is 2.00 bits per heavy atom. The van der Waals surface area contributed by atoms with Crippen LogP contribution >= 0.6 is 0 Å². The standard InChI is InChI=1S/C6H13NO3S/c1-4(2)3-5(7)6(8)11(9)10/h4-5,8H,3,7H2,1-2H3/t5-/m0/s1. The zero-order valence-electron chi connectivity index (χ0n) is 6.61. The lowest BCUT2D eigenvalue weighted by molar-refractivity contribution is 0.480. The summed E-state index contributed by atoms with van der Waals surface area (Å²) in [5.74, 6) is 0.274. The van der Waals surface area contributed by atoms with E-state index in [1.807, 2.05) is 13.8 Å². The van der Waals surface area contributed by atoms with E-state index >= 15 is 0 Å². The molecule has 0 aliphatic heterocycles. The fourth-order valence-corrected chi connectivity index (χ4v) is 1.08. The molecule has 0 unspecified atom stereocenters. The van der Waals surface area contributed by atoms with Gasteiger partial charge >= 0.3 is 0 Å². The monoisotopic (exact) mass is 179 g/mol. The van der Waals surface area contributed by atoms with Crippen molar-refractivity contribution in [2.24, 2.45) is 11.7 Å². The molecule has 0 rings (SSSR count). The number of aliphatic hydroxyl groups excluding tert-OH is 1. The van der Waals surface area contributed by atoms with E-state index in [0.717, 1.165) is 0 Å². The van der Waals surface area contributed by atoms with Crippen LogP contribution in [0.25, 0.3) is 0 Å². The van der Waals surface area contributed by atoms with E-state index in [1.165, 1.54) is 0 Å². The Balaban J connectivity index is 4.28. The Hall–Kier alpha value is -0.390. The molecule has 0 bridgehead atoms. The Kier molecular flexibility index (Phi) is 4.32. The average molecular weight is 179 g/mol. The highest BCUT2D eigenvalue weighted by Crippen LogP contribution is 2.02. The molecule has 0 fully saturated rings. The van der Waals surface area contributed by atoms with E-state index in [4.69, 9.17) is 10.8 Å². The molecule has 0 saturated carbocycles. The molecule has 0 aromatic rings. The van der Waals surface area contributed by atoms with Crippen molar-refractivity contribution in [3.63, 3.8) is 0 Å². The minimum Gasteiger partial charge on any atom is -0.350 e. The van der Waals surface area contributed by atoms with Crippen LogP contribution in [0.3, 0.4) is 0 Å². The number of hydrogen-bond acceptors (Lipinski definition) is 3. The van der Waals surface area contributed by atoms with E-state index in [-0.39, 0.29) is 5.92 Å². The van der Waals surface area contributed by atoms with Crippen LogP contribution in [0.5, 0.6) is 0 Å². The Morgan fingerprint density at radius 3 is 2.27 bits per heavy atom. The van der Waals surface area contributed by atoms with Gasteiger partial charge < -0.3 is 10.8 Å². The summed E-state index contributed by atoms with van der Waals surface area (Å²) in [6.07, 6.45) is 0.472. The highest BCUT2D eigenvalue weighted by molar-refractivity contribution is 7.72. The van der Waals surface area contributed by atoms with Crippen LogP contribution in [0.4, 0.5) is 0 Å². The van der Waals surface area contributed by atoms with Crippen LogP contribution in [0.15, 0.2) is 0 Å². The molecule has 0 aromatic heterocycles. The molecule has 66 valence electrons. The first kappa shape index (κ1) is 10.6. The zero-order chi connectivity index (χ0) is 9.02. The predicted octanol–water partition coefficient (Wildman–Crippen LogP) is -0.0732. The highest BCUT2D eigenvalue weighted by atomic mass is 32.2. The lowest BCUT2D eigenvalue weighted by Crippen LogP contribution is -2.32. The fraction of sp³-hybridized carbons (Fsp3) is 0.833. The summed E-state index contributed by atoms with van der Waals surface area (Å²) in [4.78, 5) is 0. The molecule has 0 radical (unpaired) electrons. The Bertz CT molecular complexity index is 235. The molecule has 1 atom stereocenters. The van der Waals surface area contributed by atoms with Crippen molar-refractivity contribution in [3.05, 3.63) is 0 Å². The van der Waals surface area contributed by atoms with Crippen molar-refractivity contribution in [3.8, 4) is 0 Å². The van der Waals surface area contributed by atoms with Crippen LogP contribution < -0.4 is 5.73 Å². The fourth-order valence-electron chi connectivity index (χ4n) is 0.732. The first-order chi connectivity index (χ1) is 4.95. The van der Waals surface area contributed by atoms with Crippen molar-refractivity contribution in [2.75, 3.05) is 0 Å². The molecular weight excluding hydrogens is 166 g/mol. The second-order valence-electron chi connectivity index (χ2n) is 2.81. The van der Waals surface area contributed by atoms with Gasteiger partial charge in [-0.2, -0.15) is 8.42 Å². The van der Waals surface area contributed by atoms with Crippen molar-refractivity contribution in [2.45, 2.75) is 26.3 Å². The summed E-state index contributed by atoms with van der Waals surface area (Å²) in [7, 11) is -2.56. The van der Waals surface area contributed by atoms with Crippen molar-refractivity contribution in [1.29, 1.82) is 0 Å². The maximum absolute atomic E-state index is 10.2. The molecule has 3 N–H and O–H groups in total. The Labute approximate surface area is 67.6 Å². The largest absolute Gasteiger partial charge is 0.350 e. The van der Waals surface area contributed by atoms with E-state index in [1.54, 1.807) is 0 Å². The molecule has 0 spiro atoms. The summed E-state index contributed by atoms with van der Waals surface area (Å²) in [5, 5.41) is 8.17. The summed E-state index contributed by atoms with van der Waals surface area (Å²) in [5.41, 5.74) is 5.34. The van der Waals surface area contributed by atoms with E-state index < -0.39 is 21.4 Å². The van der Waals surface area contributed by atoms with Crippen LogP contribution in [0.1, 0.15) is 20.3 Å². The summed E-state index contributed by atoms with van der Waals surface area (Å²) in [6, 6.07) is -0.756. The third-order valence-corrected chi connectivity index (χ3v) is 1.86. The van der Waals surface area contributed by atoms with Gasteiger partial charge in [-0.3, -0.25) is 0 Å². The number of nitrogens with two attached hydrogens (primary N) is 1. The van der Waals surface area contributed by atoms with Gasteiger partial charge in [0.05, 0.1) is 6.04 Å². The molecule has 0 amide bonds.